The SMILES string of the molecule is COC(=O)CN1CC2CCC(C1)O2. The molecule has 2 atom stereocenters. The predicted octanol–water partition coefficient (Wildman–Crippen LogP) is 0.0226. The smallest absolute Gasteiger partial charge is 0.319 e. The highest BCUT2D eigenvalue weighted by molar-refractivity contribution is 5.71. The van der Waals surface area contributed by atoms with Crippen molar-refractivity contribution in [1.82, 2.24) is 4.90 Å². The normalized spacial score (nSPS) is 33.3. The maximum Gasteiger partial charge on any atom is 0.319 e. The number of hydrogen-bond acceptors (Lipinski definition) is 4. The Hall–Kier alpha value is -0.610. The fourth-order valence-electron chi connectivity index (χ4n) is 2.08. The predicted molar refractivity (Wildman–Crippen MR) is 46.4 cm³/mol. The van der Waals surface area contributed by atoms with Crippen LogP contribution in [0.3, 0.4) is 0 Å². The highest BCUT2D eigenvalue weighted by Crippen LogP contribution is 2.25. The minimum atomic E-state index is -0.152. The van der Waals surface area contributed by atoms with Crippen LogP contribution in [0.5, 0.6) is 0 Å². The van der Waals surface area contributed by atoms with Crippen molar-refractivity contribution in [2.24, 2.45) is 0 Å². The molecule has 0 aromatic rings. The molecule has 0 N–H and O–H groups in total. The van der Waals surface area contributed by atoms with Gasteiger partial charge in [-0.1, -0.05) is 0 Å². The van der Waals surface area contributed by atoms with Gasteiger partial charge in [0.2, 0.25) is 0 Å². The van der Waals surface area contributed by atoms with Crippen molar-refractivity contribution >= 4 is 5.97 Å². The highest BCUT2D eigenvalue weighted by atomic mass is 16.5. The molecule has 0 amide bonds. The summed E-state index contributed by atoms with van der Waals surface area (Å²) in [7, 11) is 1.43. The monoisotopic (exact) mass is 185 g/mol. The number of ether oxygens (including phenoxy) is 2. The number of rotatable bonds is 2. The summed E-state index contributed by atoms with van der Waals surface area (Å²) in [6.45, 7) is 2.17. The number of carbonyl (C=O) groups is 1. The Morgan fingerprint density at radius 1 is 1.46 bits per heavy atom. The second-order valence-electron chi connectivity index (χ2n) is 3.73. The van der Waals surface area contributed by atoms with Crippen LogP contribution in [-0.4, -0.2) is 49.8 Å². The van der Waals surface area contributed by atoms with Crippen LogP contribution < -0.4 is 0 Å². The third-order valence-electron chi connectivity index (χ3n) is 2.70. The molecule has 0 spiro atoms. The molecule has 4 nitrogen and oxygen atoms in total. The van der Waals surface area contributed by atoms with E-state index in [9.17, 15) is 4.79 Å². The first-order valence-electron chi connectivity index (χ1n) is 4.72. The van der Waals surface area contributed by atoms with Gasteiger partial charge in [-0.25, -0.2) is 0 Å². The number of methoxy groups -OCH3 is 1. The van der Waals surface area contributed by atoms with Gasteiger partial charge in [-0.05, 0) is 12.8 Å². The number of hydrogen-bond donors (Lipinski definition) is 0. The maximum absolute atomic E-state index is 11.0. The lowest BCUT2D eigenvalue weighted by atomic mass is 10.2. The van der Waals surface area contributed by atoms with Crippen LogP contribution in [-0.2, 0) is 14.3 Å². The number of fused-ring (bicyclic) bond motifs is 2. The Kier molecular flexibility index (Phi) is 2.51. The lowest BCUT2D eigenvalue weighted by Crippen LogP contribution is -2.44. The van der Waals surface area contributed by atoms with Gasteiger partial charge in [0.25, 0.3) is 0 Å². The van der Waals surface area contributed by atoms with Crippen LogP contribution in [0.1, 0.15) is 12.8 Å². The lowest BCUT2D eigenvalue weighted by Gasteiger charge is -2.30. The zero-order valence-corrected chi connectivity index (χ0v) is 7.86. The van der Waals surface area contributed by atoms with E-state index in [1.807, 2.05) is 0 Å². The van der Waals surface area contributed by atoms with E-state index in [0.29, 0.717) is 18.8 Å². The number of morpholine rings is 1. The van der Waals surface area contributed by atoms with Crippen LogP contribution in [0.4, 0.5) is 0 Å². The van der Waals surface area contributed by atoms with Crippen molar-refractivity contribution in [2.45, 2.75) is 25.0 Å². The first kappa shape index (κ1) is 8.97. The van der Waals surface area contributed by atoms with Crippen LogP contribution in [0.15, 0.2) is 0 Å². The minimum Gasteiger partial charge on any atom is -0.468 e. The van der Waals surface area contributed by atoms with Crippen molar-refractivity contribution in [3.63, 3.8) is 0 Å². The van der Waals surface area contributed by atoms with Gasteiger partial charge in [0.15, 0.2) is 0 Å². The zero-order chi connectivity index (χ0) is 9.26. The molecule has 2 bridgehead atoms. The van der Waals surface area contributed by atoms with Gasteiger partial charge in [-0.2, -0.15) is 0 Å². The molecule has 2 fully saturated rings. The summed E-state index contributed by atoms with van der Waals surface area (Å²) in [5.41, 5.74) is 0. The molecule has 13 heavy (non-hydrogen) atoms. The van der Waals surface area contributed by atoms with Gasteiger partial charge in [-0.15, -0.1) is 0 Å². The van der Waals surface area contributed by atoms with E-state index in [1.165, 1.54) is 7.11 Å². The number of esters is 1. The Bertz CT molecular complexity index is 195. The quantitative estimate of drug-likeness (QED) is 0.569. The third kappa shape index (κ3) is 2.00. The molecule has 2 heterocycles. The van der Waals surface area contributed by atoms with E-state index in [1.54, 1.807) is 0 Å². The van der Waals surface area contributed by atoms with Gasteiger partial charge in [0, 0.05) is 13.1 Å². The van der Waals surface area contributed by atoms with Crippen molar-refractivity contribution in [2.75, 3.05) is 26.7 Å². The summed E-state index contributed by atoms with van der Waals surface area (Å²) in [4.78, 5) is 13.1. The Labute approximate surface area is 77.8 Å². The molecular formula is C9H15NO3. The van der Waals surface area contributed by atoms with E-state index in [4.69, 9.17) is 4.74 Å². The van der Waals surface area contributed by atoms with Gasteiger partial charge >= 0.3 is 5.97 Å². The molecule has 74 valence electrons. The summed E-state index contributed by atoms with van der Waals surface area (Å²) in [5, 5.41) is 0. The molecule has 0 radical (unpaired) electrons. The van der Waals surface area contributed by atoms with E-state index in [0.717, 1.165) is 25.9 Å². The second-order valence-corrected chi connectivity index (χ2v) is 3.73. The Morgan fingerprint density at radius 3 is 2.62 bits per heavy atom. The van der Waals surface area contributed by atoms with Crippen molar-refractivity contribution in [3.05, 3.63) is 0 Å². The molecule has 2 aliphatic heterocycles. The minimum absolute atomic E-state index is 0.152. The fraction of sp³-hybridized carbons (Fsp3) is 0.889. The number of carbonyl (C=O) groups excluding carboxylic acids is 1. The summed E-state index contributed by atoms with van der Waals surface area (Å²) in [6, 6.07) is 0. The summed E-state index contributed by atoms with van der Waals surface area (Å²) in [5.74, 6) is -0.152. The second kappa shape index (κ2) is 3.64. The molecule has 2 unspecified atom stereocenters. The van der Waals surface area contributed by atoms with Crippen molar-refractivity contribution in [3.8, 4) is 0 Å². The van der Waals surface area contributed by atoms with E-state index >= 15 is 0 Å². The molecule has 0 aliphatic carbocycles. The molecule has 0 aromatic heterocycles. The Morgan fingerprint density at radius 2 is 2.08 bits per heavy atom. The van der Waals surface area contributed by atoms with Crippen LogP contribution in [0, 0.1) is 0 Å². The molecule has 0 aromatic carbocycles. The van der Waals surface area contributed by atoms with Crippen LogP contribution in [0.2, 0.25) is 0 Å². The topological polar surface area (TPSA) is 38.8 Å². The summed E-state index contributed by atoms with van der Waals surface area (Å²) >= 11 is 0. The standard InChI is InChI=1S/C9H15NO3/c1-12-9(11)6-10-4-7-2-3-8(5-10)13-7/h7-8H,2-6H2,1H3. The molecule has 0 saturated carbocycles. The maximum atomic E-state index is 11.0. The van der Waals surface area contributed by atoms with Gasteiger partial charge in [0.1, 0.15) is 0 Å². The van der Waals surface area contributed by atoms with Crippen LogP contribution in [0.25, 0.3) is 0 Å². The molecule has 2 saturated heterocycles. The third-order valence-corrected chi connectivity index (χ3v) is 2.70. The van der Waals surface area contributed by atoms with Crippen molar-refractivity contribution < 1.29 is 14.3 Å². The van der Waals surface area contributed by atoms with Gasteiger partial charge in [-0.3, -0.25) is 9.69 Å². The van der Waals surface area contributed by atoms with Gasteiger partial charge < -0.3 is 9.47 Å². The largest absolute Gasteiger partial charge is 0.468 e. The summed E-state index contributed by atoms with van der Waals surface area (Å²) in [6.07, 6.45) is 2.98. The molecule has 2 rings (SSSR count). The van der Waals surface area contributed by atoms with Gasteiger partial charge in [0.05, 0.1) is 25.9 Å². The highest BCUT2D eigenvalue weighted by Gasteiger charge is 2.34. The molecular weight excluding hydrogens is 170 g/mol. The average Bonchev–Trinajstić information content (AvgIpc) is 2.46. The van der Waals surface area contributed by atoms with E-state index in [2.05, 4.69) is 9.64 Å². The fourth-order valence-corrected chi connectivity index (χ4v) is 2.08. The Balaban J connectivity index is 1.85. The zero-order valence-electron chi connectivity index (χ0n) is 7.86. The number of nitrogens with zero attached hydrogens (tertiary/aromatic N) is 1. The van der Waals surface area contributed by atoms with E-state index < -0.39 is 0 Å². The average molecular weight is 185 g/mol. The molecule has 2 aliphatic rings. The summed E-state index contributed by atoms with van der Waals surface area (Å²) < 4.78 is 10.3. The van der Waals surface area contributed by atoms with Crippen LogP contribution >= 0.6 is 0 Å². The first-order valence-corrected chi connectivity index (χ1v) is 4.72. The number of likely N-dealkylation sites (tertiary alicyclic amines) is 1. The van der Waals surface area contributed by atoms with Crippen molar-refractivity contribution in [1.29, 1.82) is 0 Å². The molecule has 4 heteroatoms. The van der Waals surface area contributed by atoms with E-state index in [-0.39, 0.29) is 5.97 Å². The first-order chi connectivity index (χ1) is 6.28. The lowest BCUT2D eigenvalue weighted by molar-refractivity contribution is -0.144.